The molecule has 4 aromatic rings. The molecule has 0 aromatic carbocycles. The summed E-state index contributed by atoms with van der Waals surface area (Å²) in [6.45, 7) is 1.79. The van der Waals surface area contributed by atoms with E-state index in [4.69, 9.17) is 0 Å². The minimum Gasteiger partial charge on any atom is -0.352 e. The lowest BCUT2D eigenvalue weighted by molar-refractivity contribution is 0.488. The van der Waals surface area contributed by atoms with E-state index in [0.29, 0.717) is 6.04 Å². The molecule has 1 N–H and O–H groups in total. The van der Waals surface area contributed by atoms with Gasteiger partial charge in [0.15, 0.2) is 5.65 Å². The Balaban J connectivity index is 1.36. The Hall–Kier alpha value is -3.23. The van der Waals surface area contributed by atoms with Crippen LogP contribution in [0.2, 0.25) is 0 Å². The van der Waals surface area contributed by atoms with Crippen LogP contribution in [0.15, 0.2) is 37.1 Å². The minimum absolute atomic E-state index is 0.386. The number of aromatic amines is 1. The summed E-state index contributed by atoms with van der Waals surface area (Å²) < 4.78 is 1.69. The number of likely N-dealkylation sites (N-methyl/N-ethyl adjacent to an activating group) is 1. The molecule has 24 heavy (non-hydrogen) atoms. The summed E-state index contributed by atoms with van der Waals surface area (Å²) in [4.78, 5) is 16.3. The second kappa shape index (κ2) is 4.88. The molecule has 9 heteroatoms. The van der Waals surface area contributed by atoms with Gasteiger partial charge in [-0.3, -0.25) is 0 Å². The first kappa shape index (κ1) is 13.2. The summed E-state index contributed by atoms with van der Waals surface area (Å²) in [6.07, 6.45) is 5.11. The maximum atomic E-state index is 4.53. The maximum absolute atomic E-state index is 4.53. The molecule has 1 aliphatic heterocycles. The molecule has 1 aliphatic rings. The second-order valence-corrected chi connectivity index (χ2v) is 5.93. The second-order valence-electron chi connectivity index (χ2n) is 5.93. The number of nitrogens with zero attached hydrogens (tertiary/aromatic N) is 8. The molecule has 5 rings (SSSR count). The van der Waals surface area contributed by atoms with Gasteiger partial charge in [0.1, 0.15) is 29.9 Å². The zero-order valence-corrected chi connectivity index (χ0v) is 13.0. The lowest BCUT2D eigenvalue weighted by atomic mass is 10.1. The summed E-state index contributed by atoms with van der Waals surface area (Å²) >= 11 is 0. The number of fused-ring (bicyclic) bond motifs is 2. The highest BCUT2D eigenvalue weighted by Crippen LogP contribution is 2.27. The Morgan fingerprint density at radius 3 is 3.04 bits per heavy atom. The van der Waals surface area contributed by atoms with Crippen molar-refractivity contribution in [2.24, 2.45) is 0 Å². The van der Waals surface area contributed by atoms with Crippen LogP contribution in [-0.4, -0.2) is 60.9 Å². The molecule has 0 saturated carbocycles. The Kier molecular flexibility index (Phi) is 2.69. The van der Waals surface area contributed by atoms with Crippen molar-refractivity contribution in [3.8, 4) is 0 Å². The lowest BCUT2D eigenvalue weighted by Crippen LogP contribution is -2.59. The van der Waals surface area contributed by atoms with Gasteiger partial charge in [-0.25, -0.2) is 9.97 Å². The van der Waals surface area contributed by atoms with Gasteiger partial charge in [-0.05, 0) is 18.2 Å². The van der Waals surface area contributed by atoms with Gasteiger partial charge in [-0.1, -0.05) is 0 Å². The summed E-state index contributed by atoms with van der Waals surface area (Å²) in [6, 6.07) is 6.31. The smallest absolute Gasteiger partial charge is 0.177 e. The predicted octanol–water partition coefficient (Wildman–Crippen LogP) is 0.721. The summed E-state index contributed by atoms with van der Waals surface area (Å²) in [5.41, 5.74) is 1.62. The van der Waals surface area contributed by atoms with Crippen molar-refractivity contribution in [1.82, 2.24) is 34.8 Å². The fourth-order valence-corrected chi connectivity index (χ4v) is 3.09. The third-order valence-corrected chi connectivity index (χ3v) is 4.55. The van der Waals surface area contributed by atoms with Crippen LogP contribution >= 0.6 is 0 Å². The number of anilines is 2. The maximum Gasteiger partial charge on any atom is 0.177 e. The summed E-state index contributed by atoms with van der Waals surface area (Å²) in [5.74, 6) is 1.88. The van der Waals surface area contributed by atoms with Gasteiger partial charge in [0, 0.05) is 26.3 Å². The van der Waals surface area contributed by atoms with Gasteiger partial charge >= 0.3 is 0 Å². The van der Waals surface area contributed by atoms with Gasteiger partial charge in [-0.2, -0.15) is 4.52 Å². The van der Waals surface area contributed by atoms with Gasteiger partial charge in [0.2, 0.25) is 0 Å². The van der Waals surface area contributed by atoms with Crippen molar-refractivity contribution < 1.29 is 0 Å². The van der Waals surface area contributed by atoms with Crippen molar-refractivity contribution >= 4 is 28.3 Å². The van der Waals surface area contributed by atoms with Gasteiger partial charge < -0.3 is 14.8 Å². The topological polar surface area (TPSA) is 91.1 Å². The zero-order chi connectivity index (χ0) is 16.1. The molecule has 5 heterocycles. The molecule has 0 atom stereocenters. The summed E-state index contributed by atoms with van der Waals surface area (Å²) in [7, 11) is 2.08. The van der Waals surface area contributed by atoms with Crippen LogP contribution in [0.3, 0.4) is 0 Å². The Morgan fingerprint density at radius 2 is 2.12 bits per heavy atom. The average Bonchev–Trinajstić information content (AvgIpc) is 3.21. The molecule has 0 bridgehead atoms. The fraction of sp³-hybridized carbons (Fsp3) is 0.267. The number of rotatable bonds is 3. The van der Waals surface area contributed by atoms with Gasteiger partial charge in [-0.15, -0.1) is 15.3 Å². The van der Waals surface area contributed by atoms with E-state index in [1.807, 2.05) is 24.4 Å². The Labute approximate surface area is 137 Å². The molecule has 120 valence electrons. The highest BCUT2D eigenvalue weighted by Gasteiger charge is 2.32. The third kappa shape index (κ3) is 1.91. The highest BCUT2D eigenvalue weighted by molar-refractivity contribution is 5.87. The fourth-order valence-electron chi connectivity index (χ4n) is 3.09. The van der Waals surface area contributed by atoms with Crippen molar-refractivity contribution in [2.45, 2.75) is 6.04 Å². The van der Waals surface area contributed by atoms with Crippen LogP contribution in [0.1, 0.15) is 0 Å². The van der Waals surface area contributed by atoms with Crippen molar-refractivity contribution in [3.05, 3.63) is 37.1 Å². The molecule has 1 fully saturated rings. The molecule has 0 aliphatic carbocycles. The van der Waals surface area contributed by atoms with Crippen LogP contribution < -0.4 is 9.80 Å². The first-order chi connectivity index (χ1) is 11.8. The molecule has 0 radical (unpaired) electrons. The quantitative estimate of drug-likeness (QED) is 0.594. The number of hydrogen-bond acceptors (Lipinski definition) is 7. The predicted molar refractivity (Wildman–Crippen MR) is 89.1 cm³/mol. The molecular formula is C15H15N9. The van der Waals surface area contributed by atoms with Crippen molar-refractivity contribution in [3.63, 3.8) is 0 Å². The molecule has 4 aromatic heterocycles. The number of hydrogen-bond donors (Lipinski definition) is 1. The van der Waals surface area contributed by atoms with E-state index in [2.05, 4.69) is 47.1 Å². The molecular weight excluding hydrogens is 306 g/mol. The molecule has 0 amide bonds. The van der Waals surface area contributed by atoms with Crippen molar-refractivity contribution in [2.75, 3.05) is 29.9 Å². The number of nitrogens with one attached hydrogen (secondary N) is 1. The van der Waals surface area contributed by atoms with Gasteiger partial charge in [0.25, 0.3) is 0 Å². The molecule has 0 spiro atoms. The van der Waals surface area contributed by atoms with Crippen LogP contribution in [0.25, 0.3) is 16.7 Å². The Bertz CT molecular complexity index is 1010. The molecule has 1 saturated heterocycles. The van der Waals surface area contributed by atoms with E-state index in [9.17, 15) is 0 Å². The largest absolute Gasteiger partial charge is 0.352 e. The lowest BCUT2D eigenvalue weighted by Gasteiger charge is -2.45. The van der Waals surface area contributed by atoms with E-state index in [1.165, 1.54) is 0 Å². The minimum atomic E-state index is 0.386. The SMILES string of the molecule is CN(c1ncnc2[nH]ccc12)C1CN(c2ccc3nncn3n2)C1. The van der Waals surface area contributed by atoms with E-state index < -0.39 is 0 Å². The standard InChI is InChI=1S/C15H15N9/c1-22(15-11-4-5-16-14(11)17-8-18-15)10-6-23(7-10)13-3-2-12-20-19-9-24(12)21-13/h2-5,8-10H,6-7H2,1H3,(H,16,17,18). The van der Waals surface area contributed by atoms with E-state index in [-0.39, 0.29) is 0 Å². The average molecular weight is 321 g/mol. The Morgan fingerprint density at radius 1 is 1.21 bits per heavy atom. The van der Waals surface area contributed by atoms with Crippen LogP contribution in [0.4, 0.5) is 11.6 Å². The first-order valence-electron chi connectivity index (χ1n) is 7.72. The monoisotopic (exact) mass is 321 g/mol. The van der Waals surface area contributed by atoms with Crippen LogP contribution in [-0.2, 0) is 0 Å². The van der Waals surface area contributed by atoms with Crippen molar-refractivity contribution in [1.29, 1.82) is 0 Å². The number of aromatic nitrogens is 7. The molecule has 0 unspecified atom stereocenters. The molecule has 9 nitrogen and oxygen atoms in total. The zero-order valence-electron chi connectivity index (χ0n) is 13.0. The van der Waals surface area contributed by atoms with E-state index in [0.717, 1.165) is 41.4 Å². The van der Waals surface area contributed by atoms with Crippen LogP contribution in [0, 0.1) is 0 Å². The normalized spacial score (nSPS) is 15.1. The van der Waals surface area contributed by atoms with Crippen LogP contribution in [0.5, 0.6) is 0 Å². The van der Waals surface area contributed by atoms with E-state index in [1.54, 1.807) is 17.2 Å². The summed E-state index contributed by atoms with van der Waals surface area (Å²) in [5, 5.41) is 13.4. The number of H-pyrrole nitrogens is 1. The highest BCUT2D eigenvalue weighted by atomic mass is 15.4. The van der Waals surface area contributed by atoms with E-state index >= 15 is 0 Å². The third-order valence-electron chi connectivity index (χ3n) is 4.55. The first-order valence-corrected chi connectivity index (χ1v) is 7.72. The van der Waals surface area contributed by atoms with Gasteiger partial charge in [0.05, 0.1) is 11.4 Å².